The van der Waals surface area contributed by atoms with Crippen LogP contribution in [0.15, 0.2) is 27.9 Å². The number of carbonyl (C=O) groups excluding carboxylic acids is 1. The fraction of sp³-hybridized carbons (Fsp3) is 0.471. The second-order valence-electron chi connectivity index (χ2n) is 5.76. The lowest BCUT2D eigenvalue weighted by atomic mass is 10.2. The summed E-state index contributed by atoms with van der Waals surface area (Å²) < 4.78 is 0. The molecule has 2 aromatic rings. The van der Waals surface area contributed by atoms with Crippen molar-refractivity contribution in [3.8, 4) is 0 Å². The Kier molecular flexibility index (Phi) is 7.87. The molecule has 0 saturated heterocycles. The highest BCUT2D eigenvalue weighted by molar-refractivity contribution is 7.12. The fourth-order valence-corrected chi connectivity index (χ4v) is 3.58. The van der Waals surface area contributed by atoms with E-state index in [1.54, 1.807) is 18.4 Å². The number of carbonyl (C=O) groups is 1. The van der Waals surface area contributed by atoms with Gasteiger partial charge in [-0.1, -0.05) is 19.9 Å². The molecule has 0 spiro atoms. The minimum absolute atomic E-state index is 0.0118. The molecule has 1 amide bonds. The smallest absolute Gasteiger partial charge is 0.261 e. The highest BCUT2D eigenvalue weighted by atomic mass is 32.1. The Hall–Kier alpha value is -1.93. The standard InChI is InChI=1S/C17H25N5OS2/c1-12(2)13-11-25-15(22-13)10-21-17(18-3)20-8-5-7-19-16(23)14-6-4-9-24-14/h4,6,9,11-12H,5,7-8,10H2,1-3H3,(H,19,23)(H2,18,20,21). The quantitative estimate of drug-likeness (QED) is 0.374. The van der Waals surface area contributed by atoms with Crippen molar-refractivity contribution in [3.63, 3.8) is 0 Å². The van der Waals surface area contributed by atoms with Gasteiger partial charge in [0.2, 0.25) is 0 Å². The summed E-state index contributed by atoms with van der Waals surface area (Å²) in [5, 5.41) is 14.5. The minimum atomic E-state index is -0.0118. The minimum Gasteiger partial charge on any atom is -0.356 e. The largest absolute Gasteiger partial charge is 0.356 e. The summed E-state index contributed by atoms with van der Waals surface area (Å²) in [7, 11) is 1.75. The van der Waals surface area contributed by atoms with Crippen molar-refractivity contribution in [1.29, 1.82) is 0 Å². The number of guanidine groups is 1. The summed E-state index contributed by atoms with van der Waals surface area (Å²) in [5.74, 6) is 1.18. The maximum absolute atomic E-state index is 11.8. The molecule has 0 unspecified atom stereocenters. The molecule has 0 aliphatic carbocycles. The lowest BCUT2D eigenvalue weighted by molar-refractivity contribution is 0.0957. The predicted molar refractivity (Wildman–Crippen MR) is 106 cm³/mol. The molecular weight excluding hydrogens is 354 g/mol. The SMILES string of the molecule is CN=C(NCCCNC(=O)c1cccs1)NCc1nc(C(C)C)cs1. The molecule has 6 nitrogen and oxygen atoms in total. The second-order valence-corrected chi connectivity index (χ2v) is 7.65. The summed E-state index contributed by atoms with van der Waals surface area (Å²) in [5.41, 5.74) is 1.13. The van der Waals surface area contributed by atoms with Crippen LogP contribution in [-0.4, -0.2) is 37.0 Å². The van der Waals surface area contributed by atoms with Crippen molar-refractivity contribution in [2.24, 2.45) is 4.99 Å². The Morgan fingerprint density at radius 2 is 2.04 bits per heavy atom. The van der Waals surface area contributed by atoms with Crippen molar-refractivity contribution in [2.45, 2.75) is 32.7 Å². The van der Waals surface area contributed by atoms with Gasteiger partial charge in [0.15, 0.2) is 5.96 Å². The molecule has 25 heavy (non-hydrogen) atoms. The Balaban J connectivity index is 1.62. The van der Waals surface area contributed by atoms with Crippen molar-refractivity contribution < 1.29 is 4.79 Å². The summed E-state index contributed by atoms with van der Waals surface area (Å²) in [6.07, 6.45) is 0.826. The molecule has 0 saturated carbocycles. The van der Waals surface area contributed by atoms with E-state index in [9.17, 15) is 4.79 Å². The number of thiophene rings is 1. The molecule has 0 aliphatic rings. The van der Waals surface area contributed by atoms with Crippen LogP contribution in [0.1, 0.15) is 46.6 Å². The van der Waals surface area contributed by atoms with Gasteiger partial charge in [-0.25, -0.2) is 4.98 Å². The maximum atomic E-state index is 11.8. The van der Waals surface area contributed by atoms with Crippen molar-refractivity contribution in [2.75, 3.05) is 20.1 Å². The van der Waals surface area contributed by atoms with Crippen LogP contribution in [0.5, 0.6) is 0 Å². The van der Waals surface area contributed by atoms with Gasteiger partial charge in [0.05, 0.1) is 17.1 Å². The first-order valence-electron chi connectivity index (χ1n) is 8.30. The van der Waals surface area contributed by atoms with Crippen molar-refractivity contribution >= 4 is 34.5 Å². The molecule has 0 fully saturated rings. The molecule has 3 N–H and O–H groups in total. The first kappa shape index (κ1) is 19.4. The molecule has 0 atom stereocenters. The molecule has 136 valence electrons. The van der Waals surface area contributed by atoms with Crippen LogP contribution in [0.2, 0.25) is 0 Å². The van der Waals surface area contributed by atoms with E-state index in [1.807, 2.05) is 17.5 Å². The van der Waals surface area contributed by atoms with Crippen molar-refractivity contribution in [3.05, 3.63) is 38.5 Å². The van der Waals surface area contributed by atoms with Gasteiger partial charge in [0.1, 0.15) is 5.01 Å². The third-order valence-corrected chi connectivity index (χ3v) is 5.20. The Morgan fingerprint density at radius 1 is 1.24 bits per heavy atom. The molecule has 0 aliphatic heterocycles. The van der Waals surface area contributed by atoms with Crippen LogP contribution < -0.4 is 16.0 Å². The number of aliphatic imine (C=N–C) groups is 1. The molecule has 2 rings (SSSR count). The van der Waals surface area contributed by atoms with Gasteiger partial charge in [-0.15, -0.1) is 22.7 Å². The number of hydrogen-bond donors (Lipinski definition) is 3. The maximum Gasteiger partial charge on any atom is 0.261 e. The highest BCUT2D eigenvalue weighted by Crippen LogP contribution is 2.17. The van der Waals surface area contributed by atoms with E-state index in [2.05, 4.69) is 45.2 Å². The first-order chi connectivity index (χ1) is 12.1. The van der Waals surface area contributed by atoms with Crippen LogP contribution >= 0.6 is 22.7 Å². The van der Waals surface area contributed by atoms with Crippen LogP contribution in [0.3, 0.4) is 0 Å². The van der Waals surface area contributed by atoms with E-state index in [0.717, 1.165) is 34.5 Å². The van der Waals surface area contributed by atoms with E-state index in [0.29, 0.717) is 19.0 Å². The number of aromatic nitrogens is 1. The third kappa shape index (κ3) is 6.47. The van der Waals surface area contributed by atoms with Crippen molar-refractivity contribution in [1.82, 2.24) is 20.9 Å². The number of amides is 1. The van der Waals surface area contributed by atoms with Crippen LogP contribution in [-0.2, 0) is 6.54 Å². The number of nitrogens with zero attached hydrogens (tertiary/aromatic N) is 2. The van der Waals surface area contributed by atoms with Crippen LogP contribution in [0.25, 0.3) is 0 Å². The molecule has 2 aromatic heterocycles. The zero-order chi connectivity index (χ0) is 18.1. The number of hydrogen-bond acceptors (Lipinski definition) is 5. The number of rotatable bonds is 8. The predicted octanol–water partition coefficient (Wildman–Crippen LogP) is 2.81. The van der Waals surface area contributed by atoms with Gasteiger partial charge >= 0.3 is 0 Å². The van der Waals surface area contributed by atoms with E-state index in [1.165, 1.54) is 11.3 Å². The normalized spacial score (nSPS) is 11.6. The fourth-order valence-electron chi connectivity index (χ4n) is 2.04. The lowest BCUT2D eigenvalue weighted by Gasteiger charge is -2.11. The van der Waals surface area contributed by atoms with Crippen LogP contribution in [0.4, 0.5) is 0 Å². The third-order valence-electron chi connectivity index (χ3n) is 3.47. The topological polar surface area (TPSA) is 78.4 Å². The monoisotopic (exact) mass is 379 g/mol. The van der Waals surface area contributed by atoms with Gasteiger partial charge in [-0.05, 0) is 23.8 Å². The molecule has 8 heteroatoms. The molecular formula is C17H25N5OS2. The lowest BCUT2D eigenvalue weighted by Crippen LogP contribution is -2.38. The van der Waals surface area contributed by atoms with E-state index < -0.39 is 0 Å². The molecule has 0 radical (unpaired) electrons. The van der Waals surface area contributed by atoms with Gasteiger partial charge in [0.25, 0.3) is 5.91 Å². The number of thiazole rings is 1. The van der Waals surface area contributed by atoms with Crippen LogP contribution in [0, 0.1) is 0 Å². The van der Waals surface area contributed by atoms with Gasteiger partial charge in [-0.2, -0.15) is 0 Å². The van der Waals surface area contributed by atoms with Gasteiger partial charge in [-0.3, -0.25) is 9.79 Å². The van der Waals surface area contributed by atoms with E-state index >= 15 is 0 Å². The average molecular weight is 380 g/mol. The summed E-state index contributed by atoms with van der Waals surface area (Å²) in [6.45, 7) is 6.31. The second kappa shape index (κ2) is 10.1. The number of nitrogens with one attached hydrogen (secondary N) is 3. The molecule has 2 heterocycles. The highest BCUT2D eigenvalue weighted by Gasteiger charge is 2.07. The summed E-state index contributed by atoms with van der Waals surface area (Å²) in [6, 6.07) is 3.71. The Morgan fingerprint density at radius 3 is 2.68 bits per heavy atom. The summed E-state index contributed by atoms with van der Waals surface area (Å²) >= 11 is 3.11. The zero-order valence-corrected chi connectivity index (χ0v) is 16.5. The Labute approximate surface area is 156 Å². The summed E-state index contributed by atoms with van der Waals surface area (Å²) in [4.78, 5) is 21.4. The van der Waals surface area contributed by atoms with Gasteiger partial charge in [0, 0.05) is 25.5 Å². The molecule has 0 aromatic carbocycles. The first-order valence-corrected chi connectivity index (χ1v) is 10.1. The van der Waals surface area contributed by atoms with Gasteiger partial charge < -0.3 is 16.0 Å². The molecule has 0 bridgehead atoms. The average Bonchev–Trinajstić information content (AvgIpc) is 3.28. The zero-order valence-electron chi connectivity index (χ0n) is 14.8. The van der Waals surface area contributed by atoms with E-state index in [-0.39, 0.29) is 5.91 Å². The van der Waals surface area contributed by atoms with E-state index in [4.69, 9.17) is 0 Å². The Bertz CT molecular complexity index is 679.